The van der Waals surface area contributed by atoms with E-state index < -0.39 is 15.8 Å². The molecule has 3 aromatic carbocycles. The highest BCUT2D eigenvalue weighted by Gasteiger charge is 2.17. The summed E-state index contributed by atoms with van der Waals surface area (Å²) in [5, 5.41) is 3.23. The summed E-state index contributed by atoms with van der Waals surface area (Å²) in [7, 11) is -3.60. The summed E-state index contributed by atoms with van der Waals surface area (Å²) in [6, 6.07) is 19.5. The number of esters is 1. The molecule has 0 aliphatic rings. The van der Waals surface area contributed by atoms with E-state index in [1.54, 1.807) is 48.5 Å². The number of nitrogens with one attached hydrogen (secondary N) is 1. The number of anilines is 1. The molecule has 0 radical (unpaired) electrons. The Balaban J connectivity index is 1.47. The lowest BCUT2D eigenvalue weighted by Crippen LogP contribution is -2.14. The van der Waals surface area contributed by atoms with Gasteiger partial charge in [-0.1, -0.05) is 48.0 Å². The maximum absolute atomic E-state index is 12.6. The molecule has 3 rings (SSSR count). The van der Waals surface area contributed by atoms with Crippen molar-refractivity contribution in [3.63, 3.8) is 0 Å². The Morgan fingerprint density at radius 2 is 1.56 bits per heavy atom. The average Bonchev–Trinajstić information content (AvgIpc) is 2.79. The van der Waals surface area contributed by atoms with E-state index in [0.29, 0.717) is 16.3 Å². The van der Waals surface area contributed by atoms with Crippen LogP contribution in [0.3, 0.4) is 0 Å². The van der Waals surface area contributed by atoms with Crippen molar-refractivity contribution in [1.82, 2.24) is 0 Å². The Hall–Kier alpha value is -3.16. The van der Waals surface area contributed by atoms with Gasteiger partial charge in [0.05, 0.1) is 16.2 Å². The molecule has 0 fully saturated rings. The summed E-state index contributed by atoms with van der Waals surface area (Å²) in [4.78, 5) is 24.4. The van der Waals surface area contributed by atoms with E-state index in [2.05, 4.69) is 5.32 Å². The van der Waals surface area contributed by atoms with Gasteiger partial charge in [0.25, 0.3) is 0 Å². The van der Waals surface area contributed by atoms with Crippen LogP contribution >= 0.6 is 11.6 Å². The average molecular weight is 472 g/mol. The van der Waals surface area contributed by atoms with Crippen LogP contribution in [-0.2, 0) is 30.8 Å². The fourth-order valence-electron chi connectivity index (χ4n) is 2.85. The van der Waals surface area contributed by atoms with E-state index in [1.165, 1.54) is 24.3 Å². The molecule has 0 atom stereocenters. The molecular formula is C24H22ClNO5S. The van der Waals surface area contributed by atoms with Gasteiger partial charge >= 0.3 is 5.97 Å². The van der Waals surface area contributed by atoms with Crippen molar-refractivity contribution in [1.29, 1.82) is 0 Å². The number of halogens is 1. The minimum Gasteiger partial charge on any atom is -0.461 e. The van der Waals surface area contributed by atoms with Crippen LogP contribution in [0.15, 0.2) is 82.6 Å². The van der Waals surface area contributed by atoms with E-state index in [0.717, 1.165) is 5.56 Å². The minimum absolute atomic E-state index is 0.0142. The lowest BCUT2D eigenvalue weighted by Gasteiger charge is -2.08. The zero-order chi connectivity index (χ0) is 23.1. The maximum Gasteiger partial charge on any atom is 0.306 e. The summed E-state index contributed by atoms with van der Waals surface area (Å²) in [5.41, 5.74) is 2.10. The van der Waals surface area contributed by atoms with Gasteiger partial charge in [-0.05, 0) is 54.4 Å². The second kappa shape index (κ2) is 10.4. The van der Waals surface area contributed by atoms with Gasteiger partial charge in [-0.25, -0.2) is 8.42 Å². The smallest absolute Gasteiger partial charge is 0.306 e. The quantitative estimate of drug-likeness (QED) is 0.470. The van der Waals surface area contributed by atoms with Crippen molar-refractivity contribution in [2.75, 3.05) is 5.32 Å². The van der Waals surface area contributed by atoms with E-state index in [1.807, 2.05) is 6.92 Å². The number of amides is 1. The van der Waals surface area contributed by atoms with Gasteiger partial charge in [-0.15, -0.1) is 0 Å². The third-order valence-corrected chi connectivity index (χ3v) is 6.89. The number of benzene rings is 3. The number of hydrogen-bond donors (Lipinski definition) is 1. The van der Waals surface area contributed by atoms with Crippen LogP contribution in [0, 0.1) is 6.92 Å². The zero-order valence-electron chi connectivity index (χ0n) is 17.4. The molecule has 0 aliphatic carbocycles. The first-order chi connectivity index (χ1) is 15.3. The fraction of sp³-hybridized carbons (Fsp3) is 0.167. The van der Waals surface area contributed by atoms with Gasteiger partial charge in [0.2, 0.25) is 15.7 Å². The molecule has 0 bridgehead atoms. The molecule has 32 heavy (non-hydrogen) atoms. The maximum atomic E-state index is 12.6. The molecular weight excluding hydrogens is 450 g/mol. The number of carbonyl (C=O) groups excluding carboxylic acids is 2. The van der Waals surface area contributed by atoms with Gasteiger partial charge in [-0.3, -0.25) is 9.59 Å². The zero-order valence-corrected chi connectivity index (χ0v) is 18.9. The SMILES string of the molecule is Cc1ccc(NC(=O)CCC(=O)OCc2ccc(S(=O)(=O)c3ccccc3)cc2)cc1Cl. The summed E-state index contributed by atoms with van der Waals surface area (Å²) >= 11 is 6.03. The van der Waals surface area contributed by atoms with Crippen LogP contribution in [-0.4, -0.2) is 20.3 Å². The number of carbonyl (C=O) groups is 2. The van der Waals surface area contributed by atoms with Crippen LogP contribution in [0.25, 0.3) is 0 Å². The molecule has 0 heterocycles. The fourth-order valence-corrected chi connectivity index (χ4v) is 4.31. The molecule has 0 spiro atoms. The van der Waals surface area contributed by atoms with Crippen molar-refractivity contribution >= 4 is 39.0 Å². The van der Waals surface area contributed by atoms with E-state index in [-0.39, 0.29) is 35.1 Å². The molecule has 0 saturated heterocycles. The second-order valence-corrected chi connectivity index (χ2v) is 9.49. The van der Waals surface area contributed by atoms with Crippen molar-refractivity contribution < 1.29 is 22.7 Å². The number of ether oxygens (including phenoxy) is 1. The predicted octanol–water partition coefficient (Wildman–Crippen LogP) is 4.94. The highest BCUT2D eigenvalue weighted by Crippen LogP contribution is 2.22. The monoisotopic (exact) mass is 471 g/mol. The molecule has 3 aromatic rings. The summed E-state index contributed by atoms with van der Waals surface area (Å²) < 4.78 is 30.4. The molecule has 8 heteroatoms. The van der Waals surface area contributed by atoms with Crippen molar-refractivity contribution in [3.8, 4) is 0 Å². The highest BCUT2D eigenvalue weighted by atomic mass is 35.5. The first kappa shape index (κ1) is 23.5. The third kappa shape index (κ3) is 6.18. The summed E-state index contributed by atoms with van der Waals surface area (Å²) in [6.07, 6.45) is -0.107. The Morgan fingerprint density at radius 1 is 0.906 bits per heavy atom. The van der Waals surface area contributed by atoms with Crippen LogP contribution in [0.4, 0.5) is 5.69 Å². The van der Waals surface area contributed by atoms with Gasteiger partial charge < -0.3 is 10.1 Å². The molecule has 166 valence electrons. The minimum atomic E-state index is -3.60. The number of rotatable bonds is 8. The Bertz CT molecular complexity index is 1210. The largest absolute Gasteiger partial charge is 0.461 e. The Morgan fingerprint density at radius 3 is 2.22 bits per heavy atom. The highest BCUT2D eigenvalue weighted by molar-refractivity contribution is 7.91. The second-order valence-electron chi connectivity index (χ2n) is 7.13. The standard InChI is InChI=1S/C24H22ClNO5S/c1-17-7-10-19(15-22(17)25)26-23(27)13-14-24(28)31-16-18-8-11-21(12-9-18)32(29,30)20-5-3-2-4-6-20/h2-12,15H,13-14,16H2,1H3,(H,26,27). The van der Waals surface area contributed by atoms with E-state index in [9.17, 15) is 18.0 Å². The molecule has 0 aliphatic heterocycles. The third-order valence-electron chi connectivity index (χ3n) is 4.70. The lowest BCUT2D eigenvalue weighted by atomic mass is 10.2. The van der Waals surface area contributed by atoms with Crippen molar-refractivity contribution in [2.24, 2.45) is 0 Å². The summed E-state index contributed by atoms with van der Waals surface area (Å²) in [6.45, 7) is 1.85. The summed E-state index contributed by atoms with van der Waals surface area (Å²) in [5.74, 6) is -0.847. The Kier molecular flexibility index (Phi) is 7.66. The van der Waals surface area contributed by atoms with Gasteiger partial charge in [-0.2, -0.15) is 0 Å². The predicted molar refractivity (Wildman–Crippen MR) is 122 cm³/mol. The van der Waals surface area contributed by atoms with Crippen LogP contribution in [0.2, 0.25) is 5.02 Å². The molecule has 6 nitrogen and oxygen atoms in total. The van der Waals surface area contributed by atoms with E-state index in [4.69, 9.17) is 16.3 Å². The van der Waals surface area contributed by atoms with Gasteiger partial charge in [0.1, 0.15) is 6.61 Å². The number of sulfone groups is 1. The topological polar surface area (TPSA) is 89.5 Å². The number of aryl methyl sites for hydroxylation is 1. The number of hydrogen-bond acceptors (Lipinski definition) is 5. The van der Waals surface area contributed by atoms with Crippen molar-refractivity contribution in [3.05, 3.63) is 88.9 Å². The molecule has 0 unspecified atom stereocenters. The van der Waals surface area contributed by atoms with Crippen LogP contribution in [0.1, 0.15) is 24.0 Å². The Labute approximate surface area is 192 Å². The first-order valence-corrected chi connectivity index (χ1v) is 11.7. The normalized spacial score (nSPS) is 11.1. The molecule has 1 amide bonds. The van der Waals surface area contributed by atoms with Crippen LogP contribution < -0.4 is 5.32 Å². The van der Waals surface area contributed by atoms with Crippen LogP contribution in [0.5, 0.6) is 0 Å². The van der Waals surface area contributed by atoms with E-state index >= 15 is 0 Å². The molecule has 1 N–H and O–H groups in total. The molecule has 0 aromatic heterocycles. The van der Waals surface area contributed by atoms with Crippen molar-refractivity contribution in [2.45, 2.75) is 36.2 Å². The first-order valence-electron chi connectivity index (χ1n) is 9.86. The van der Waals surface area contributed by atoms with Gasteiger partial charge in [0, 0.05) is 17.1 Å². The van der Waals surface area contributed by atoms with Gasteiger partial charge in [0.15, 0.2) is 0 Å². The lowest BCUT2D eigenvalue weighted by molar-refractivity contribution is -0.145. The molecule has 0 saturated carbocycles.